The fraction of sp³-hybridized carbons (Fsp3) is 0.789. The van der Waals surface area contributed by atoms with Gasteiger partial charge in [0.05, 0.1) is 5.76 Å². The number of halogens is 3. The summed E-state index contributed by atoms with van der Waals surface area (Å²) in [6.07, 6.45) is 3.61. The van der Waals surface area contributed by atoms with Crippen molar-refractivity contribution in [3.63, 3.8) is 0 Å². The summed E-state index contributed by atoms with van der Waals surface area (Å²) >= 11 is 0. The van der Waals surface area contributed by atoms with Crippen LogP contribution in [0.2, 0.25) is 18.1 Å². The summed E-state index contributed by atoms with van der Waals surface area (Å²) < 4.78 is 71.7. The molecule has 1 aliphatic carbocycles. The van der Waals surface area contributed by atoms with Gasteiger partial charge in [0, 0.05) is 5.92 Å². The third-order valence-electron chi connectivity index (χ3n) is 5.76. The standard InChI is InChI=1S/C19H33F3O4SSi/c1-13(9-11-15(3)26-28(7,8)18(4,5)6)16-12-10-14(2)17(16)25-27(23,24)19(20,21)22/h11,13,16H,9-10,12H2,1-8H3/b15-11+/t13-,16+/m0/s1. The molecule has 0 aromatic carbocycles. The van der Waals surface area contributed by atoms with Gasteiger partial charge < -0.3 is 8.61 Å². The largest absolute Gasteiger partial charge is 0.547 e. The predicted molar refractivity (Wildman–Crippen MR) is 107 cm³/mol. The first-order valence-electron chi connectivity index (χ1n) is 9.45. The zero-order valence-corrected chi connectivity index (χ0v) is 19.8. The van der Waals surface area contributed by atoms with Crippen LogP contribution < -0.4 is 0 Å². The van der Waals surface area contributed by atoms with E-state index in [9.17, 15) is 21.6 Å². The Bertz CT molecular complexity index is 731. The summed E-state index contributed by atoms with van der Waals surface area (Å²) in [5.41, 5.74) is -4.87. The Hall–Kier alpha value is -0.963. The molecule has 0 radical (unpaired) electrons. The van der Waals surface area contributed by atoms with Gasteiger partial charge in [-0.2, -0.15) is 21.6 Å². The molecule has 164 valence electrons. The molecule has 0 fully saturated rings. The molecule has 0 N–H and O–H groups in total. The van der Waals surface area contributed by atoms with Crippen LogP contribution >= 0.6 is 0 Å². The Morgan fingerprint density at radius 1 is 1.29 bits per heavy atom. The monoisotopic (exact) mass is 442 g/mol. The van der Waals surface area contributed by atoms with Crippen LogP contribution in [0.4, 0.5) is 13.2 Å². The van der Waals surface area contributed by atoms with Gasteiger partial charge >= 0.3 is 15.6 Å². The third kappa shape index (κ3) is 6.02. The highest BCUT2D eigenvalue weighted by atomic mass is 32.2. The van der Waals surface area contributed by atoms with E-state index in [0.717, 1.165) is 5.76 Å². The van der Waals surface area contributed by atoms with Crippen LogP contribution in [-0.4, -0.2) is 22.2 Å². The molecule has 0 saturated carbocycles. The van der Waals surface area contributed by atoms with Crippen molar-refractivity contribution in [3.8, 4) is 0 Å². The van der Waals surface area contributed by atoms with Crippen LogP contribution in [0.3, 0.4) is 0 Å². The van der Waals surface area contributed by atoms with E-state index in [4.69, 9.17) is 4.43 Å². The van der Waals surface area contributed by atoms with Crippen molar-refractivity contribution in [3.05, 3.63) is 23.2 Å². The van der Waals surface area contributed by atoms with Gasteiger partial charge in [-0.1, -0.05) is 27.7 Å². The van der Waals surface area contributed by atoms with Crippen LogP contribution in [0.15, 0.2) is 23.2 Å². The van der Waals surface area contributed by atoms with E-state index in [1.165, 1.54) is 0 Å². The Balaban J connectivity index is 2.88. The zero-order valence-electron chi connectivity index (χ0n) is 18.0. The van der Waals surface area contributed by atoms with Crippen molar-refractivity contribution in [1.82, 2.24) is 0 Å². The second kappa shape index (κ2) is 8.42. The summed E-state index contributed by atoms with van der Waals surface area (Å²) in [6, 6.07) is 0. The third-order valence-corrected chi connectivity index (χ3v) is 11.2. The zero-order chi connectivity index (χ0) is 22.1. The highest BCUT2D eigenvalue weighted by Crippen LogP contribution is 2.42. The lowest BCUT2D eigenvalue weighted by atomic mass is 9.89. The molecule has 4 nitrogen and oxygen atoms in total. The van der Waals surface area contributed by atoms with Crippen LogP contribution in [-0.2, 0) is 18.7 Å². The Morgan fingerprint density at radius 3 is 2.29 bits per heavy atom. The van der Waals surface area contributed by atoms with E-state index in [-0.39, 0.29) is 22.6 Å². The summed E-state index contributed by atoms with van der Waals surface area (Å²) in [7, 11) is -7.60. The molecular formula is C19H33F3O4SSi. The number of allylic oxidation sites excluding steroid dienone is 4. The second-order valence-electron chi connectivity index (χ2n) is 9.16. The van der Waals surface area contributed by atoms with E-state index in [1.807, 2.05) is 19.9 Å². The van der Waals surface area contributed by atoms with Crippen LogP contribution in [0.25, 0.3) is 0 Å². The quantitative estimate of drug-likeness (QED) is 0.196. The van der Waals surface area contributed by atoms with Gasteiger partial charge in [-0.25, -0.2) is 0 Å². The first-order valence-corrected chi connectivity index (χ1v) is 13.8. The molecule has 0 spiro atoms. The van der Waals surface area contributed by atoms with E-state index in [0.29, 0.717) is 24.8 Å². The Labute approximate surface area is 168 Å². The topological polar surface area (TPSA) is 52.6 Å². The van der Waals surface area contributed by atoms with E-state index >= 15 is 0 Å². The van der Waals surface area contributed by atoms with Crippen LogP contribution in [0.5, 0.6) is 0 Å². The maximum Gasteiger partial charge on any atom is 0.534 e. The normalized spacial score (nSPS) is 21.1. The molecule has 1 aliphatic rings. The summed E-state index contributed by atoms with van der Waals surface area (Å²) in [4.78, 5) is 0. The van der Waals surface area contributed by atoms with Gasteiger partial charge in [-0.15, -0.1) is 0 Å². The fourth-order valence-corrected chi connectivity index (χ4v) is 4.69. The smallest absolute Gasteiger partial charge is 0.534 e. The maximum atomic E-state index is 12.7. The average Bonchev–Trinajstić information content (AvgIpc) is 2.83. The minimum atomic E-state index is -5.64. The molecule has 0 aromatic heterocycles. The van der Waals surface area contributed by atoms with Crippen molar-refractivity contribution < 1.29 is 30.2 Å². The van der Waals surface area contributed by atoms with Gasteiger partial charge in [0.2, 0.25) is 8.32 Å². The lowest BCUT2D eigenvalue weighted by molar-refractivity contribution is -0.0528. The number of rotatable bonds is 7. The van der Waals surface area contributed by atoms with E-state index in [1.54, 1.807) is 6.92 Å². The Kier molecular flexibility index (Phi) is 7.54. The van der Waals surface area contributed by atoms with Gasteiger partial charge in [-0.3, -0.25) is 0 Å². The number of hydrogen-bond acceptors (Lipinski definition) is 4. The van der Waals surface area contributed by atoms with Crippen molar-refractivity contribution in [2.24, 2.45) is 11.8 Å². The molecule has 0 aromatic rings. The number of alkyl halides is 3. The maximum absolute atomic E-state index is 12.7. The fourth-order valence-electron chi connectivity index (χ4n) is 2.90. The lowest BCUT2D eigenvalue weighted by Crippen LogP contribution is -2.40. The van der Waals surface area contributed by atoms with Gasteiger partial charge in [-0.05, 0) is 68.8 Å². The second-order valence-corrected chi connectivity index (χ2v) is 15.4. The van der Waals surface area contributed by atoms with Crippen LogP contribution in [0.1, 0.15) is 60.8 Å². The molecule has 0 saturated heterocycles. The molecule has 1 rings (SSSR count). The van der Waals surface area contributed by atoms with Crippen molar-refractivity contribution in [2.45, 2.75) is 84.4 Å². The minimum absolute atomic E-state index is 0.0545. The highest BCUT2D eigenvalue weighted by Gasteiger charge is 2.50. The molecule has 9 heteroatoms. The molecule has 0 aliphatic heterocycles. The van der Waals surface area contributed by atoms with Crippen molar-refractivity contribution in [1.29, 1.82) is 0 Å². The molecule has 2 atom stereocenters. The minimum Gasteiger partial charge on any atom is -0.547 e. The Morgan fingerprint density at radius 2 is 1.82 bits per heavy atom. The molecule has 0 heterocycles. The summed E-state index contributed by atoms with van der Waals surface area (Å²) in [5, 5.41) is 0.0615. The van der Waals surface area contributed by atoms with E-state index in [2.05, 4.69) is 38.0 Å². The molecule has 0 bridgehead atoms. The summed E-state index contributed by atoms with van der Waals surface area (Å²) in [5.74, 6) is 0.298. The summed E-state index contributed by atoms with van der Waals surface area (Å²) in [6.45, 7) is 16.1. The SMILES string of the molecule is CC1=C(OS(=O)(=O)C(F)(F)F)[C@@H]([C@@H](C)C/C=C(\C)O[Si](C)(C)C(C)(C)C)CC1. The predicted octanol–water partition coefficient (Wildman–Crippen LogP) is 6.49. The van der Waals surface area contributed by atoms with Gasteiger partial charge in [0.25, 0.3) is 0 Å². The number of hydrogen-bond donors (Lipinski definition) is 0. The first kappa shape index (κ1) is 25.1. The molecule has 0 amide bonds. The van der Waals surface area contributed by atoms with Crippen LogP contribution in [0, 0.1) is 11.8 Å². The molecule has 0 unspecified atom stereocenters. The van der Waals surface area contributed by atoms with Crippen molar-refractivity contribution in [2.75, 3.05) is 0 Å². The van der Waals surface area contributed by atoms with Crippen molar-refractivity contribution >= 4 is 18.4 Å². The van der Waals surface area contributed by atoms with Gasteiger partial charge in [0.15, 0.2) is 0 Å². The van der Waals surface area contributed by atoms with E-state index < -0.39 is 23.9 Å². The average molecular weight is 443 g/mol. The first-order chi connectivity index (χ1) is 12.4. The molecular weight excluding hydrogens is 409 g/mol. The lowest BCUT2D eigenvalue weighted by Gasteiger charge is -2.36. The molecule has 28 heavy (non-hydrogen) atoms. The van der Waals surface area contributed by atoms with Gasteiger partial charge in [0.1, 0.15) is 5.76 Å². The highest BCUT2D eigenvalue weighted by molar-refractivity contribution is 7.87.